The van der Waals surface area contributed by atoms with E-state index in [1.165, 1.54) is 77.5 Å². The lowest BCUT2D eigenvalue weighted by Crippen LogP contribution is -1.97. The minimum atomic E-state index is 0.945. The maximum absolute atomic E-state index is 2.44. The molecule has 0 saturated heterocycles. The molecule has 8 rings (SSSR count). The maximum Gasteiger partial charge on any atom is -0.000705 e. The van der Waals surface area contributed by atoms with E-state index < -0.39 is 0 Å². The fourth-order valence-corrected chi connectivity index (χ4v) is 6.64. The number of hydrogen-bond donors (Lipinski definition) is 0. The molecule has 0 bridgehead atoms. The van der Waals surface area contributed by atoms with Crippen molar-refractivity contribution in [1.82, 2.24) is 0 Å². The highest BCUT2D eigenvalue weighted by atomic mass is 14.3. The van der Waals surface area contributed by atoms with Gasteiger partial charge in [0.1, 0.15) is 0 Å². The van der Waals surface area contributed by atoms with Crippen LogP contribution in [-0.2, 0) is 6.42 Å². The summed E-state index contributed by atoms with van der Waals surface area (Å²) in [4.78, 5) is 0. The van der Waals surface area contributed by atoms with Gasteiger partial charge in [0.25, 0.3) is 0 Å². The highest BCUT2D eigenvalue weighted by Gasteiger charge is 2.27. The Balaban J connectivity index is 1.40. The van der Waals surface area contributed by atoms with Crippen molar-refractivity contribution in [2.24, 2.45) is 0 Å². The Kier molecular flexibility index (Phi) is 5.64. The van der Waals surface area contributed by atoms with Crippen LogP contribution in [-0.4, -0.2) is 0 Å². The van der Waals surface area contributed by atoms with Crippen LogP contribution in [0.1, 0.15) is 11.1 Å². The van der Waals surface area contributed by atoms with Crippen molar-refractivity contribution in [3.05, 3.63) is 169 Å². The minimum Gasteiger partial charge on any atom is -0.0622 e. The Morgan fingerprint density at radius 2 is 0.902 bits per heavy atom. The predicted octanol–water partition coefficient (Wildman–Crippen LogP) is 11.1. The Hall–Kier alpha value is -5.20. The van der Waals surface area contributed by atoms with Crippen LogP contribution in [0.2, 0.25) is 0 Å². The molecule has 0 heteroatoms. The average Bonchev–Trinajstić information content (AvgIpc) is 3.43. The third-order valence-electron chi connectivity index (χ3n) is 8.53. The molecular weight excluding hydrogens is 492 g/mol. The van der Waals surface area contributed by atoms with Gasteiger partial charge in [-0.05, 0) is 90.0 Å². The summed E-state index contributed by atoms with van der Waals surface area (Å²) in [6, 6.07) is 57.6. The van der Waals surface area contributed by atoms with Gasteiger partial charge in [0, 0.05) is 0 Å². The average molecular weight is 521 g/mol. The van der Waals surface area contributed by atoms with Crippen LogP contribution in [0.15, 0.2) is 158 Å². The molecule has 0 nitrogen and oxygen atoms in total. The fourth-order valence-electron chi connectivity index (χ4n) is 6.64. The summed E-state index contributed by atoms with van der Waals surface area (Å²) in [7, 11) is 0. The second kappa shape index (κ2) is 9.77. The molecule has 0 aliphatic heterocycles. The van der Waals surface area contributed by atoms with Crippen molar-refractivity contribution >= 4 is 10.8 Å². The quantitative estimate of drug-likeness (QED) is 0.216. The van der Waals surface area contributed by atoms with E-state index in [1.54, 1.807) is 0 Å². The maximum atomic E-state index is 2.44. The number of rotatable bonds is 4. The molecule has 7 aromatic carbocycles. The number of hydrogen-bond acceptors (Lipinski definition) is 0. The van der Waals surface area contributed by atoms with Crippen molar-refractivity contribution in [2.75, 3.05) is 0 Å². The zero-order chi connectivity index (χ0) is 27.2. The molecule has 7 aromatic rings. The lowest BCUT2D eigenvalue weighted by molar-refractivity contribution is 1.26. The fraction of sp³-hybridized carbons (Fsp3) is 0.0244. The lowest BCUT2D eigenvalue weighted by Gasteiger charge is -2.21. The number of benzene rings is 7. The first-order valence-corrected chi connectivity index (χ1v) is 14.3. The molecule has 41 heavy (non-hydrogen) atoms. The van der Waals surface area contributed by atoms with Crippen LogP contribution in [0.25, 0.3) is 66.4 Å². The Bertz CT molecular complexity index is 2030. The highest BCUT2D eigenvalue weighted by Crippen LogP contribution is 2.50. The van der Waals surface area contributed by atoms with E-state index >= 15 is 0 Å². The molecule has 0 saturated carbocycles. The van der Waals surface area contributed by atoms with Crippen LogP contribution < -0.4 is 0 Å². The van der Waals surface area contributed by atoms with E-state index in [1.807, 2.05) is 0 Å². The predicted molar refractivity (Wildman–Crippen MR) is 174 cm³/mol. The summed E-state index contributed by atoms with van der Waals surface area (Å²) in [6.45, 7) is 0. The van der Waals surface area contributed by atoms with Crippen LogP contribution in [0, 0.1) is 0 Å². The summed E-state index contributed by atoms with van der Waals surface area (Å²) in [5.74, 6) is 0. The number of fused-ring (bicyclic) bond motifs is 4. The molecule has 0 spiro atoms. The topological polar surface area (TPSA) is 0 Å². The van der Waals surface area contributed by atoms with Crippen molar-refractivity contribution < 1.29 is 0 Å². The van der Waals surface area contributed by atoms with Gasteiger partial charge in [0.2, 0.25) is 0 Å². The molecule has 1 aliphatic carbocycles. The summed E-state index contributed by atoms with van der Waals surface area (Å²) < 4.78 is 0. The molecule has 0 aromatic heterocycles. The van der Waals surface area contributed by atoms with Gasteiger partial charge in [0.15, 0.2) is 0 Å². The zero-order valence-electron chi connectivity index (χ0n) is 22.7. The molecule has 0 N–H and O–H groups in total. The van der Waals surface area contributed by atoms with Crippen molar-refractivity contribution in [1.29, 1.82) is 0 Å². The van der Waals surface area contributed by atoms with Crippen molar-refractivity contribution in [3.8, 4) is 55.6 Å². The molecule has 0 heterocycles. The molecule has 0 amide bonds. The molecule has 192 valence electrons. The Labute approximate surface area is 241 Å². The van der Waals surface area contributed by atoms with Crippen LogP contribution in [0.4, 0.5) is 0 Å². The summed E-state index contributed by atoms with van der Waals surface area (Å²) in [5, 5.41) is 2.56. The molecule has 0 radical (unpaired) electrons. The van der Waals surface area contributed by atoms with Gasteiger partial charge in [-0.1, -0.05) is 152 Å². The third-order valence-corrected chi connectivity index (χ3v) is 8.53. The smallest absolute Gasteiger partial charge is 0.000705 e. The summed E-state index contributed by atoms with van der Waals surface area (Å²) in [6.07, 6.45) is 0.945. The normalized spacial score (nSPS) is 11.8. The summed E-state index contributed by atoms with van der Waals surface area (Å²) in [5.41, 5.74) is 15.7. The molecule has 0 atom stereocenters. The van der Waals surface area contributed by atoms with Gasteiger partial charge in [-0.25, -0.2) is 0 Å². The zero-order valence-corrected chi connectivity index (χ0v) is 22.7. The SMILES string of the molecule is c1ccc(-c2cc3c(c(-c4ccc(-c5cccc6ccccc56)cc4)c2-c2ccccc2)Cc2ccccc2-3)cc1. The van der Waals surface area contributed by atoms with Gasteiger partial charge in [0.05, 0.1) is 0 Å². The van der Waals surface area contributed by atoms with E-state index in [2.05, 4.69) is 158 Å². The molecule has 1 aliphatic rings. The molecular formula is C41H28. The third kappa shape index (κ3) is 4.00. The van der Waals surface area contributed by atoms with E-state index in [-0.39, 0.29) is 0 Å². The highest BCUT2D eigenvalue weighted by molar-refractivity contribution is 6.02. The van der Waals surface area contributed by atoms with Gasteiger partial charge >= 0.3 is 0 Å². The molecule has 0 fully saturated rings. The van der Waals surface area contributed by atoms with Gasteiger partial charge in [-0.15, -0.1) is 0 Å². The van der Waals surface area contributed by atoms with Crippen molar-refractivity contribution in [3.63, 3.8) is 0 Å². The van der Waals surface area contributed by atoms with Crippen LogP contribution in [0.3, 0.4) is 0 Å². The second-order valence-electron chi connectivity index (χ2n) is 10.9. The Morgan fingerprint density at radius 3 is 1.71 bits per heavy atom. The van der Waals surface area contributed by atoms with E-state index in [0.29, 0.717) is 0 Å². The largest absolute Gasteiger partial charge is 0.0622 e. The monoisotopic (exact) mass is 520 g/mol. The van der Waals surface area contributed by atoms with Crippen molar-refractivity contribution in [2.45, 2.75) is 6.42 Å². The van der Waals surface area contributed by atoms with E-state index in [0.717, 1.165) is 6.42 Å². The van der Waals surface area contributed by atoms with E-state index in [9.17, 15) is 0 Å². The first-order valence-electron chi connectivity index (χ1n) is 14.3. The first-order chi connectivity index (χ1) is 20.3. The Morgan fingerprint density at radius 1 is 0.341 bits per heavy atom. The van der Waals surface area contributed by atoms with Gasteiger partial charge in [-0.2, -0.15) is 0 Å². The second-order valence-corrected chi connectivity index (χ2v) is 10.9. The lowest BCUT2D eigenvalue weighted by atomic mass is 9.82. The van der Waals surface area contributed by atoms with Gasteiger partial charge < -0.3 is 0 Å². The summed E-state index contributed by atoms with van der Waals surface area (Å²) >= 11 is 0. The molecule has 0 unspecified atom stereocenters. The van der Waals surface area contributed by atoms with Crippen LogP contribution in [0.5, 0.6) is 0 Å². The van der Waals surface area contributed by atoms with Gasteiger partial charge in [-0.3, -0.25) is 0 Å². The van der Waals surface area contributed by atoms with Crippen LogP contribution >= 0.6 is 0 Å². The minimum absolute atomic E-state index is 0.945. The van der Waals surface area contributed by atoms with E-state index in [4.69, 9.17) is 0 Å². The first kappa shape index (κ1) is 23.7. The standard InChI is InChI=1S/C41H28/c1-3-12-29(13-4-1)37-27-38-36-20-10-8-17-33(36)26-39(38)41(40(37)31-15-5-2-6-16-31)32-24-22-30(23-25-32)35-21-11-18-28-14-7-9-19-34(28)35/h1-25,27H,26H2.